The highest BCUT2D eigenvalue weighted by Crippen LogP contribution is 2.30. The maximum atomic E-state index is 13.2. The molecule has 2 aromatic rings. The SMILES string of the molecule is Cc1ccc(S(=O)(=O)N2CCC[C@@H](C(=O)N3CCO[C@H](c4ccccc4)C3)C2)s1. The number of carbonyl (C=O) groups is 1. The van der Waals surface area contributed by atoms with Crippen molar-refractivity contribution in [3.63, 3.8) is 0 Å². The van der Waals surface area contributed by atoms with Gasteiger partial charge in [0.05, 0.1) is 19.1 Å². The molecule has 0 N–H and O–H groups in total. The summed E-state index contributed by atoms with van der Waals surface area (Å²) in [6, 6.07) is 13.4. The molecule has 0 aliphatic carbocycles. The van der Waals surface area contributed by atoms with Crippen molar-refractivity contribution >= 4 is 27.3 Å². The van der Waals surface area contributed by atoms with Crippen molar-refractivity contribution in [3.05, 3.63) is 52.9 Å². The van der Waals surface area contributed by atoms with Crippen LogP contribution >= 0.6 is 11.3 Å². The van der Waals surface area contributed by atoms with Crippen LogP contribution in [0.2, 0.25) is 0 Å². The Morgan fingerprint density at radius 1 is 1.10 bits per heavy atom. The molecular weight excluding hydrogens is 408 g/mol. The standard InChI is InChI=1S/C21H26N2O4S2/c1-16-9-10-20(28-16)29(25,26)23-11-5-8-18(14-23)21(24)22-12-13-27-19(15-22)17-6-3-2-4-7-17/h2-4,6-7,9-10,18-19H,5,8,11-15H2,1H3/t18-,19+/m1/s1. The minimum absolute atomic E-state index is 0.0384. The predicted octanol–water partition coefficient (Wildman–Crippen LogP) is 3.06. The van der Waals surface area contributed by atoms with Gasteiger partial charge in [-0.3, -0.25) is 4.79 Å². The molecule has 2 saturated heterocycles. The third-order valence-electron chi connectivity index (χ3n) is 5.59. The Balaban J connectivity index is 1.44. The number of rotatable bonds is 4. The number of nitrogens with zero attached hydrogens (tertiary/aromatic N) is 2. The van der Waals surface area contributed by atoms with E-state index in [4.69, 9.17) is 4.74 Å². The molecule has 3 heterocycles. The fourth-order valence-corrected chi connectivity index (χ4v) is 6.98. The smallest absolute Gasteiger partial charge is 0.252 e. The molecule has 2 fully saturated rings. The van der Waals surface area contributed by atoms with Crippen LogP contribution in [0.15, 0.2) is 46.7 Å². The summed E-state index contributed by atoms with van der Waals surface area (Å²) in [5.41, 5.74) is 1.06. The number of hydrogen-bond donors (Lipinski definition) is 0. The van der Waals surface area contributed by atoms with Crippen LogP contribution in [0.5, 0.6) is 0 Å². The minimum atomic E-state index is -3.54. The van der Waals surface area contributed by atoms with E-state index in [1.54, 1.807) is 6.07 Å². The van der Waals surface area contributed by atoms with E-state index < -0.39 is 10.0 Å². The number of hydrogen-bond acceptors (Lipinski definition) is 5. The van der Waals surface area contributed by atoms with Gasteiger partial charge in [0.1, 0.15) is 10.3 Å². The molecule has 2 aliphatic heterocycles. The Labute approximate surface area is 176 Å². The van der Waals surface area contributed by atoms with Crippen molar-refractivity contribution in [1.82, 2.24) is 9.21 Å². The van der Waals surface area contributed by atoms with Gasteiger partial charge in [-0.25, -0.2) is 8.42 Å². The highest BCUT2D eigenvalue weighted by atomic mass is 32.2. The Morgan fingerprint density at radius 3 is 2.62 bits per heavy atom. The quantitative estimate of drug-likeness (QED) is 0.742. The molecule has 6 nitrogen and oxygen atoms in total. The molecule has 0 unspecified atom stereocenters. The molecule has 29 heavy (non-hydrogen) atoms. The monoisotopic (exact) mass is 434 g/mol. The van der Waals surface area contributed by atoms with Gasteiger partial charge in [0.2, 0.25) is 5.91 Å². The molecule has 1 aromatic heterocycles. The van der Waals surface area contributed by atoms with E-state index >= 15 is 0 Å². The minimum Gasteiger partial charge on any atom is -0.370 e. The summed E-state index contributed by atoms with van der Waals surface area (Å²) in [6.45, 7) is 4.18. The second-order valence-corrected chi connectivity index (χ2v) is 11.1. The van der Waals surface area contributed by atoms with Gasteiger partial charge in [-0.1, -0.05) is 30.3 Å². The molecule has 156 valence electrons. The fourth-order valence-electron chi connectivity index (χ4n) is 4.02. The second kappa shape index (κ2) is 8.55. The summed E-state index contributed by atoms with van der Waals surface area (Å²) < 4.78 is 33.7. The predicted molar refractivity (Wildman–Crippen MR) is 112 cm³/mol. The van der Waals surface area contributed by atoms with Crippen LogP contribution in [-0.4, -0.2) is 56.3 Å². The zero-order valence-corrected chi connectivity index (χ0v) is 18.1. The summed E-state index contributed by atoms with van der Waals surface area (Å²) in [7, 11) is -3.54. The van der Waals surface area contributed by atoms with Crippen LogP contribution in [0.3, 0.4) is 0 Å². The van der Waals surface area contributed by atoms with E-state index in [0.717, 1.165) is 16.9 Å². The van der Waals surface area contributed by atoms with Crippen molar-refractivity contribution in [2.75, 3.05) is 32.8 Å². The lowest BCUT2D eigenvalue weighted by Crippen LogP contribution is -2.49. The number of aryl methyl sites for hydroxylation is 1. The van der Waals surface area contributed by atoms with Gasteiger partial charge in [-0.15, -0.1) is 11.3 Å². The van der Waals surface area contributed by atoms with Crippen LogP contribution in [0.4, 0.5) is 0 Å². The fraction of sp³-hybridized carbons (Fsp3) is 0.476. The Kier molecular flexibility index (Phi) is 6.06. The molecule has 8 heteroatoms. The Hall–Kier alpha value is -1.74. The number of amides is 1. The van der Waals surface area contributed by atoms with Crippen molar-refractivity contribution < 1.29 is 17.9 Å². The summed E-state index contributed by atoms with van der Waals surface area (Å²) in [4.78, 5) is 16.0. The van der Waals surface area contributed by atoms with E-state index in [-0.39, 0.29) is 24.5 Å². The topological polar surface area (TPSA) is 66.9 Å². The maximum absolute atomic E-state index is 13.2. The highest BCUT2D eigenvalue weighted by Gasteiger charge is 2.37. The van der Waals surface area contributed by atoms with Crippen LogP contribution in [-0.2, 0) is 19.6 Å². The van der Waals surface area contributed by atoms with E-state index in [1.165, 1.54) is 15.6 Å². The first-order chi connectivity index (χ1) is 13.9. The van der Waals surface area contributed by atoms with Crippen molar-refractivity contribution in [2.45, 2.75) is 30.1 Å². The van der Waals surface area contributed by atoms with Gasteiger partial charge in [-0.2, -0.15) is 4.31 Å². The average Bonchev–Trinajstić information content (AvgIpc) is 3.21. The summed E-state index contributed by atoms with van der Waals surface area (Å²) >= 11 is 1.28. The highest BCUT2D eigenvalue weighted by molar-refractivity contribution is 7.91. The van der Waals surface area contributed by atoms with Crippen LogP contribution in [0.1, 0.15) is 29.4 Å². The second-order valence-electron chi connectivity index (χ2n) is 7.62. The summed E-state index contributed by atoms with van der Waals surface area (Å²) in [6.07, 6.45) is 1.29. The average molecular weight is 435 g/mol. The normalized spacial score (nSPS) is 23.8. The lowest BCUT2D eigenvalue weighted by atomic mass is 9.97. The van der Waals surface area contributed by atoms with Gasteiger partial charge in [0.25, 0.3) is 10.0 Å². The molecule has 0 bridgehead atoms. The number of ether oxygens (including phenoxy) is 1. The van der Waals surface area contributed by atoms with Gasteiger partial charge < -0.3 is 9.64 Å². The van der Waals surface area contributed by atoms with Crippen molar-refractivity contribution in [3.8, 4) is 0 Å². The molecule has 0 spiro atoms. The number of benzene rings is 1. The molecule has 2 aliphatic rings. The first-order valence-electron chi connectivity index (χ1n) is 9.97. The van der Waals surface area contributed by atoms with Gasteiger partial charge in [0, 0.05) is 24.5 Å². The zero-order valence-electron chi connectivity index (χ0n) is 16.5. The first-order valence-corrected chi connectivity index (χ1v) is 12.2. The molecule has 4 rings (SSSR count). The Bertz CT molecular complexity index is 958. The van der Waals surface area contributed by atoms with Crippen LogP contribution in [0.25, 0.3) is 0 Å². The number of thiophene rings is 1. The van der Waals surface area contributed by atoms with E-state index in [1.807, 2.05) is 48.2 Å². The third-order valence-corrected chi connectivity index (χ3v) is 8.93. The zero-order chi connectivity index (χ0) is 20.4. The van der Waals surface area contributed by atoms with Crippen molar-refractivity contribution in [2.24, 2.45) is 5.92 Å². The number of piperidine rings is 1. The van der Waals surface area contributed by atoms with E-state index in [0.29, 0.717) is 36.9 Å². The molecule has 2 atom stereocenters. The lowest BCUT2D eigenvalue weighted by Gasteiger charge is -2.38. The van der Waals surface area contributed by atoms with Gasteiger partial charge in [-0.05, 0) is 37.5 Å². The van der Waals surface area contributed by atoms with E-state index in [2.05, 4.69) is 0 Å². The summed E-state index contributed by atoms with van der Waals surface area (Å²) in [5, 5.41) is 0. The molecule has 0 radical (unpaired) electrons. The molecule has 1 amide bonds. The maximum Gasteiger partial charge on any atom is 0.252 e. The lowest BCUT2D eigenvalue weighted by molar-refractivity contribution is -0.144. The Morgan fingerprint density at radius 2 is 1.90 bits per heavy atom. The molecular formula is C21H26N2O4S2. The van der Waals surface area contributed by atoms with Crippen LogP contribution < -0.4 is 0 Å². The number of sulfonamides is 1. The van der Waals surface area contributed by atoms with Gasteiger partial charge >= 0.3 is 0 Å². The molecule has 0 saturated carbocycles. The van der Waals surface area contributed by atoms with Gasteiger partial charge in [0.15, 0.2) is 0 Å². The number of morpholine rings is 1. The number of carbonyl (C=O) groups excluding carboxylic acids is 1. The summed E-state index contributed by atoms with van der Waals surface area (Å²) in [5.74, 6) is -0.259. The molecule has 1 aromatic carbocycles. The first kappa shape index (κ1) is 20.5. The van der Waals surface area contributed by atoms with Crippen molar-refractivity contribution in [1.29, 1.82) is 0 Å². The largest absolute Gasteiger partial charge is 0.370 e. The third kappa shape index (κ3) is 4.40. The van der Waals surface area contributed by atoms with Crippen LogP contribution in [0, 0.1) is 12.8 Å². The van der Waals surface area contributed by atoms with E-state index in [9.17, 15) is 13.2 Å².